The quantitative estimate of drug-likeness (QED) is 0.262. The van der Waals surface area contributed by atoms with Crippen LogP contribution in [0.5, 0.6) is 0 Å². The highest BCUT2D eigenvalue weighted by Crippen LogP contribution is 2.51. The maximum atomic E-state index is 2.45. The molecule has 0 unspecified atom stereocenters. The predicted molar refractivity (Wildman–Crippen MR) is 151 cm³/mol. The van der Waals surface area contributed by atoms with E-state index in [4.69, 9.17) is 0 Å². The van der Waals surface area contributed by atoms with Crippen LogP contribution in [0.3, 0.4) is 0 Å². The molecule has 0 radical (unpaired) electrons. The van der Waals surface area contributed by atoms with Crippen LogP contribution in [0.15, 0.2) is 109 Å². The second-order valence-corrected chi connectivity index (χ2v) is 10.5. The number of fused-ring (bicyclic) bond motifs is 4. The van der Waals surface area contributed by atoms with Gasteiger partial charge in [-0.3, -0.25) is 0 Å². The van der Waals surface area contributed by atoms with Crippen molar-refractivity contribution in [3.8, 4) is 22.3 Å². The summed E-state index contributed by atoms with van der Waals surface area (Å²) in [5, 5.41) is 2.62. The van der Waals surface area contributed by atoms with Gasteiger partial charge in [0.1, 0.15) is 0 Å². The first kappa shape index (κ1) is 21.7. The number of hydrogen-bond donors (Lipinski definition) is 0. The summed E-state index contributed by atoms with van der Waals surface area (Å²) in [4.78, 5) is 2.45. The van der Waals surface area contributed by atoms with Crippen molar-refractivity contribution in [2.24, 2.45) is 0 Å². The van der Waals surface area contributed by atoms with Gasteiger partial charge in [-0.2, -0.15) is 0 Å². The van der Waals surface area contributed by atoms with Crippen molar-refractivity contribution in [1.29, 1.82) is 0 Å². The molecule has 5 aromatic rings. The Bertz CT molecular complexity index is 1530. The minimum atomic E-state index is -0.0372. The second-order valence-electron chi connectivity index (χ2n) is 10.5. The van der Waals surface area contributed by atoms with Gasteiger partial charge in [-0.25, -0.2) is 0 Å². The van der Waals surface area contributed by atoms with Gasteiger partial charge in [0.2, 0.25) is 0 Å². The molecule has 172 valence electrons. The first-order chi connectivity index (χ1) is 16.9. The van der Waals surface area contributed by atoms with Crippen LogP contribution >= 0.6 is 0 Å². The van der Waals surface area contributed by atoms with Crippen LogP contribution < -0.4 is 4.90 Å². The van der Waals surface area contributed by atoms with E-state index in [1.807, 2.05) is 0 Å². The van der Waals surface area contributed by atoms with Gasteiger partial charge in [0.15, 0.2) is 0 Å². The highest BCUT2D eigenvalue weighted by molar-refractivity contribution is 5.94. The molecule has 1 heteroatoms. The van der Waals surface area contributed by atoms with E-state index < -0.39 is 0 Å². The van der Waals surface area contributed by atoms with Gasteiger partial charge < -0.3 is 4.90 Å². The molecule has 1 nitrogen and oxygen atoms in total. The minimum Gasteiger partial charge on any atom is -0.339 e. The third-order valence-electron chi connectivity index (χ3n) is 7.57. The third kappa shape index (κ3) is 3.54. The zero-order chi connectivity index (χ0) is 24.2. The summed E-state index contributed by atoms with van der Waals surface area (Å²) < 4.78 is 0. The molecule has 0 fully saturated rings. The van der Waals surface area contributed by atoms with Crippen molar-refractivity contribution in [2.75, 3.05) is 4.90 Å². The van der Waals surface area contributed by atoms with Gasteiger partial charge in [-0.1, -0.05) is 86.6 Å². The summed E-state index contributed by atoms with van der Waals surface area (Å²) in [6.45, 7) is 9.27. The molecule has 1 aliphatic carbocycles. The Kier molecular flexibility index (Phi) is 5.04. The molecule has 0 saturated heterocycles. The molecule has 5 aromatic carbocycles. The van der Waals surface area contributed by atoms with Gasteiger partial charge >= 0.3 is 0 Å². The fourth-order valence-electron chi connectivity index (χ4n) is 5.75. The van der Waals surface area contributed by atoms with Gasteiger partial charge in [0, 0.05) is 22.8 Å². The summed E-state index contributed by atoms with van der Waals surface area (Å²) in [6, 6.07) is 40.4. The number of rotatable bonds is 4. The second kappa shape index (κ2) is 8.13. The van der Waals surface area contributed by atoms with E-state index in [1.54, 1.807) is 0 Å². The fourth-order valence-corrected chi connectivity index (χ4v) is 5.75. The number of hydrogen-bond acceptors (Lipinski definition) is 1. The lowest BCUT2D eigenvalue weighted by Crippen LogP contribution is -2.26. The standard InChI is InChI=1S/C34H31N/c1-23(2)35(28-16-14-25(15-17-28)24-10-6-5-7-11-24)29-18-19-30-31-20-26-12-8-9-13-27(26)21-32(31)34(3,4)33(30)22-29/h5-23H,1-4H3. The molecule has 0 aliphatic heterocycles. The molecule has 0 atom stereocenters. The van der Waals surface area contributed by atoms with Crippen molar-refractivity contribution in [3.05, 3.63) is 120 Å². The largest absolute Gasteiger partial charge is 0.339 e. The third-order valence-corrected chi connectivity index (χ3v) is 7.57. The predicted octanol–water partition coefficient (Wildman–Crippen LogP) is 9.36. The summed E-state index contributed by atoms with van der Waals surface area (Å²) in [5.41, 5.74) is 10.5. The first-order valence-electron chi connectivity index (χ1n) is 12.6. The van der Waals surface area contributed by atoms with Crippen LogP contribution in [0.4, 0.5) is 11.4 Å². The average Bonchev–Trinajstić information content (AvgIpc) is 3.09. The van der Waals surface area contributed by atoms with Crippen LogP contribution in [0.1, 0.15) is 38.8 Å². The summed E-state index contributed by atoms with van der Waals surface area (Å²) >= 11 is 0. The molecule has 0 aromatic heterocycles. The monoisotopic (exact) mass is 453 g/mol. The molecule has 35 heavy (non-hydrogen) atoms. The Hall–Kier alpha value is -3.84. The van der Waals surface area contributed by atoms with E-state index >= 15 is 0 Å². The molecule has 0 saturated carbocycles. The normalized spacial score (nSPS) is 13.6. The van der Waals surface area contributed by atoms with Crippen LogP contribution in [-0.2, 0) is 5.41 Å². The van der Waals surface area contributed by atoms with Crippen LogP contribution in [0, 0.1) is 0 Å². The van der Waals surface area contributed by atoms with Crippen molar-refractivity contribution in [2.45, 2.75) is 39.2 Å². The fraction of sp³-hybridized carbons (Fsp3) is 0.176. The topological polar surface area (TPSA) is 3.24 Å². The number of nitrogens with zero attached hydrogens (tertiary/aromatic N) is 1. The van der Waals surface area contributed by atoms with E-state index in [-0.39, 0.29) is 5.41 Å². The van der Waals surface area contributed by atoms with Gasteiger partial charge in [0.25, 0.3) is 0 Å². The van der Waals surface area contributed by atoms with Crippen molar-refractivity contribution in [3.63, 3.8) is 0 Å². The molecule has 0 heterocycles. The maximum Gasteiger partial charge on any atom is 0.0416 e. The van der Waals surface area contributed by atoms with Crippen molar-refractivity contribution < 1.29 is 0 Å². The SMILES string of the molecule is CC(C)N(c1ccc(-c2ccccc2)cc1)c1ccc2c(c1)C(C)(C)c1cc3ccccc3cc1-2. The highest BCUT2D eigenvalue weighted by atomic mass is 15.2. The van der Waals surface area contributed by atoms with Crippen molar-refractivity contribution in [1.82, 2.24) is 0 Å². The minimum absolute atomic E-state index is 0.0372. The molecular weight excluding hydrogens is 422 g/mol. The lowest BCUT2D eigenvalue weighted by atomic mass is 9.81. The Balaban J connectivity index is 1.42. The highest BCUT2D eigenvalue weighted by Gasteiger charge is 2.36. The Morgan fingerprint density at radius 3 is 1.80 bits per heavy atom. The lowest BCUT2D eigenvalue weighted by Gasteiger charge is -2.31. The van der Waals surface area contributed by atoms with E-state index in [2.05, 4.69) is 142 Å². The van der Waals surface area contributed by atoms with Crippen LogP contribution in [0.2, 0.25) is 0 Å². The van der Waals surface area contributed by atoms with Gasteiger partial charge in [-0.15, -0.1) is 0 Å². The Morgan fingerprint density at radius 1 is 0.543 bits per heavy atom. The molecule has 0 bridgehead atoms. The van der Waals surface area contributed by atoms with Crippen LogP contribution in [-0.4, -0.2) is 6.04 Å². The Morgan fingerprint density at radius 2 is 1.11 bits per heavy atom. The number of benzene rings is 5. The number of anilines is 2. The van der Waals surface area contributed by atoms with E-state index in [9.17, 15) is 0 Å². The molecule has 0 spiro atoms. The van der Waals surface area contributed by atoms with E-state index in [0.29, 0.717) is 6.04 Å². The maximum absolute atomic E-state index is 2.45. The van der Waals surface area contributed by atoms with Gasteiger partial charge in [-0.05, 0) is 94.4 Å². The first-order valence-corrected chi connectivity index (χ1v) is 12.6. The summed E-state index contributed by atoms with van der Waals surface area (Å²) in [5.74, 6) is 0. The lowest BCUT2D eigenvalue weighted by molar-refractivity contribution is 0.660. The molecule has 0 N–H and O–H groups in total. The van der Waals surface area contributed by atoms with Gasteiger partial charge in [0.05, 0.1) is 0 Å². The summed E-state index contributed by atoms with van der Waals surface area (Å²) in [7, 11) is 0. The molecule has 6 rings (SSSR count). The smallest absolute Gasteiger partial charge is 0.0416 e. The van der Waals surface area contributed by atoms with E-state index in [1.165, 1.54) is 55.5 Å². The zero-order valence-corrected chi connectivity index (χ0v) is 20.9. The zero-order valence-electron chi connectivity index (χ0n) is 20.9. The Labute approximate surface area is 208 Å². The molecular formula is C34H31N. The molecule has 0 amide bonds. The van der Waals surface area contributed by atoms with Crippen molar-refractivity contribution >= 4 is 22.1 Å². The van der Waals surface area contributed by atoms with E-state index in [0.717, 1.165) is 0 Å². The van der Waals surface area contributed by atoms with Crippen LogP contribution in [0.25, 0.3) is 33.0 Å². The summed E-state index contributed by atoms with van der Waals surface area (Å²) in [6.07, 6.45) is 0. The average molecular weight is 454 g/mol. The molecule has 1 aliphatic rings.